The van der Waals surface area contributed by atoms with Crippen LogP contribution in [0.5, 0.6) is 5.75 Å². The van der Waals surface area contributed by atoms with Crippen molar-refractivity contribution in [1.82, 2.24) is 15.2 Å². The van der Waals surface area contributed by atoms with Crippen molar-refractivity contribution in [2.75, 3.05) is 25.0 Å². The number of rotatable bonds is 4. The number of benzene rings is 1. The van der Waals surface area contributed by atoms with Crippen LogP contribution in [0.25, 0.3) is 11.3 Å². The summed E-state index contributed by atoms with van der Waals surface area (Å²) >= 11 is 1.29. The molecule has 0 unspecified atom stereocenters. The molecule has 0 aliphatic carbocycles. The molecular weight excluding hydrogens is 328 g/mol. The number of aromatic hydroxyl groups is 1. The molecule has 7 nitrogen and oxygen atoms in total. The Kier molecular flexibility index (Phi) is 4.95. The third-order valence-corrected chi connectivity index (χ3v) is 4.44. The second-order valence-electron chi connectivity index (χ2n) is 5.49. The molecule has 0 saturated carbocycles. The molecule has 126 valence electrons. The van der Waals surface area contributed by atoms with Crippen LogP contribution in [0.3, 0.4) is 0 Å². The van der Waals surface area contributed by atoms with Crippen LogP contribution in [0.4, 0.5) is 9.93 Å². The molecule has 0 atom stereocenters. The first-order valence-electron chi connectivity index (χ1n) is 7.69. The largest absolute Gasteiger partial charge is 0.508 e. The zero-order valence-corrected chi connectivity index (χ0v) is 13.8. The van der Waals surface area contributed by atoms with E-state index < -0.39 is 0 Å². The second kappa shape index (κ2) is 7.31. The predicted molar refractivity (Wildman–Crippen MR) is 92.1 cm³/mol. The van der Waals surface area contributed by atoms with E-state index in [9.17, 15) is 14.7 Å². The average Bonchev–Trinajstić information content (AvgIpc) is 3.24. The van der Waals surface area contributed by atoms with Gasteiger partial charge in [-0.2, -0.15) is 0 Å². The van der Waals surface area contributed by atoms with Gasteiger partial charge in [0, 0.05) is 24.0 Å². The number of hydrogen-bond donors (Lipinski definition) is 3. The topological polar surface area (TPSA) is 94.6 Å². The van der Waals surface area contributed by atoms with E-state index in [-0.39, 0.29) is 24.2 Å². The van der Waals surface area contributed by atoms with E-state index in [2.05, 4.69) is 15.6 Å². The first kappa shape index (κ1) is 16.3. The van der Waals surface area contributed by atoms with Crippen molar-refractivity contribution in [2.24, 2.45) is 0 Å². The number of hydrogen-bond acceptors (Lipinski definition) is 5. The maximum atomic E-state index is 11.9. The number of anilines is 1. The van der Waals surface area contributed by atoms with Crippen molar-refractivity contribution in [3.05, 3.63) is 29.6 Å². The van der Waals surface area contributed by atoms with Gasteiger partial charge in [-0.25, -0.2) is 9.78 Å². The molecule has 1 fully saturated rings. The standard InChI is InChI=1S/C16H18N4O3S/c21-12-5-3-4-11(8-12)13-10-24-15(18-13)19-14(22)9-17-16(23)20-6-1-2-7-20/h3-5,8,10,21H,1-2,6-7,9H2,(H,17,23)(H,18,19,22). The normalized spacial score (nSPS) is 13.8. The zero-order chi connectivity index (χ0) is 16.9. The van der Waals surface area contributed by atoms with Gasteiger partial charge in [0.15, 0.2) is 5.13 Å². The lowest BCUT2D eigenvalue weighted by molar-refractivity contribution is -0.115. The maximum Gasteiger partial charge on any atom is 0.317 e. The van der Waals surface area contributed by atoms with Gasteiger partial charge in [0.05, 0.1) is 12.2 Å². The number of nitrogens with one attached hydrogen (secondary N) is 2. The number of nitrogens with zero attached hydrogens (tertiary/aromatic N) is 2. The third-order valence-electron chi connectivity index (χ3n) is 3.69. The Bertz CT molecular complexity index is 740. The summed E-state index contributed by atoms with van der Waals surface area (Å²) in [6, 6.07) is 6.55. The molecule has 8 heteroatoms. The summed E-state index contributed by atoms with van der Waals surface area (Å²) in [7, 11) is 0. The molecule has 2 aromatic rings. The smallest absolute Gasteiger partial charge is 0.317 e. The van der Waals surface area contributed by atoms with E-state index in [1.807, 2.05) is 6.07 Å². The van der Waals surface area contributed by atoms with Gasteiger partial charge in [0.25, 0.3) is 0 Å². The molecule has 3 N–H and O–H groups in total. The highest BCUT2D eigenvalue weighted by Gasteiger charge is 2.18. The van der Waals surface area contributed by atoms with Crippen molar-refractivity contribution in [3.63, 3.8) is 0 Å². The van der Waals surface area contributed by atoms with Crippen LogP contribution in [0.1, 0.15) is 12.8 Å². The van der Waals surface area contributed by atoms with Crippen molar-refractivity contribution in [3.8, 4) is 17.0 Å². The van der Waals surface area contributed by atoms with E-state index in [1.54, 1.807) is 28.5 Å². The molecule has 2 heterocycles. The Hall–Kier alpha value is -2.61. The Morgan fingerprint density at radius 1 is 1.29 bits per heavy atom. The Morgan fingerprint density at radius 2 is 2.08 bits per heavy atom. The minimum absolute atomic E-state index is 0.0869. The summed E-state index contributed by atoms with van der Waals surface area (Å²) in [5, 5.41) is 17.0. The predicted octanol–water partition coefficient (Wildman–Crippen LogP) is 2.26. The quantitative estimate of drug-likeness (QED) is 0.791. The Morgan fingerprint density at radius 3 is 2.83 bits per heavy atom. The summed E-state index contributed by atoms with van der Waals surface area (Å²) < 4.78 is 0. The highest BCUT2D eigenvalue weighted by Crippen LogP contribution is 2.26. The number of carbonyl (C=O) groups excluding carboxylic acids is 2. The lowest BCUT2D eigenvalue weighted by Gasteiger charge is -2.15. The Balaban J connectivity index is 1.52. The molecule has 3 rings (SSSR count). The molecule has 1 aromatic carbocycles. The van der Waals surface area contributed by atoms with E-state index in [1.165, 1.54) is 11.3 Å². The van der Waals surface area contributed by atoms with Gasteiger partial charge in [-0.1, -0.05) is 12.1 Å². The fourth-order valence-electron chi connectivity index (χ4n) is 2.48. The summed E-state index contributed by atoms with van der Waals surface area (Å²) in [4.78, 5) is 29.8. The summed E-state index contributed by atoms with van der Waals surface area (Å²) in [6.07, 6.45) is 2.02. The number of amides is 3. The van der Waals surface area contributed by atoms with Crippen molar-refractivity contribution >= 4 is 28.4 Å². The van der Waals surface area contributed by atoms with E-state index in [0.29, 0.717) is 10.8 Å². The van der Waals surface area contributed by atoms with Crippen LogP contribution < -0.4 is 10.6 Å². The Labute approximate surface area is 143 Å². The summed E-state index contributed by atoms with van der Waals surface area (Å²) in [5.41, 5.74) is 1.45. The number of urea groups is 1. The van der Waals surface area contributed by atoms with Crippen molar-refractivity contribution in [2.45, 2.75) is 12.8 Å². The highest BCUT2D eigenvalue weighted by atomic mass is 32.1. The highest BCUT2D eigenvalue weighted by molar-refractivity contribution is 7.14. The van der Waals surface area contributed by atoms with Crippen LogP contribution in [-0.4, -0.2) is 46.6 Å². The zero-order valence-electron chi connectivity index (χ0n) is 13.0. The number of carbonyl (C=O) groups is 2. The molecular formula is C16H18N4O3S. The fourth-order valence-corrected chi connectivity index (χ4v) is 3.22. The fraction of sp³-hybridized carbons (Fsp3) is 0.312. The van der Waals surface area contributed by atoms with Crippen molar-refractivity contribution < 1.29 is 14.7 Å². The number of thiazole rings is 1. The first-order valence-corrected chi connectivity index (χ1v) is 8.57. The lowest BCUT2D eigenvalue weighted by atomic mass is 10.2. The molecule has 1 aliphatic rings. The summed E-state index contributed by atoms with van der Waals surface area (Å²) in [5.74, 6) is -0.157. The van der Waals surface area contributed by atoms with E-state index in [4.69, 9.17) is 0 Å². The van der Waals surface area contributed by atoms with Crippen LogP contribution in [0.2, 0.25) is 0 Å². The second-order valence-corrected chi connectivity index (χ2v) is 6.35. The number of phenolic OH excluding ortho intramolecular Hbond substituents is 1. The average molecular weight is 346 g/mol. The van der Waals surface area contributed by atoms with Crippen molar-refractivity contribution in [1.29, 1.82) is 0 Å². The van der Waals surface area contributed by atoms with E-state index >= 15 is 0 Å². The number of phenols is 1. The molecule has 1 saturated heterocycles. The minimum Gasteiger partial charge on any atom is -0.508 e. The molecule has 1 aliphatic heterocycles. The lowest BCUT2D eigenvalue weighted by Crippen LogP contribution is -2.41. The van der Waals surface area contributed by atoms with Gasteiger partial charge in [-0.05, 0) is 25.0 Å². The molecule has 0 radical (unpaired) electrons. The SMILES string of the molecule is O=C(CNC(=O)N1CCCC1)Nc1nc(-c2cccc(O)c2)cs1. The number of likely N-dealkylation sites (tertiary alicyclic amines) is 1. The molecule has 0 spiro atoms. The maximum absolute atomic E-state index is 11.9. The first-order chi connectivity index (χ1) is 11.6. The molecule has 24 heavy (non-hydrogen) atoms. The third kappa shape index (κ3) is 4.02. The van der Waals surface area contributed by atoms with Gasteiger partial charge in [-0.3, -0.25) is 4.79 Å². The van der Waals surface area contributed by atoms with Gasteiger partial charge >= 0.3 is 6.03 Å². The van der Waals surface area contributed by atoms with E-state index in [0.717, 1.165) is 31.5 Å². The van der Waals surface area contributed by atoms with Crippen LogP contribution in [0, 0.1) is 0 Å². The van der Waals surface area contributed by atoms with Crippen LogP contribution in [-0.2, 0) is 4.79 Å². The number of aromatic nitrogens is 1. The molecule has 0 bridgehead atoms. The van der Waals surface area contributed by atoms with Gasteiger partial charge in [0.2, 0.25) is 5.91 Å². The minimum atomic E-state index is -0.320. The monoisotopic (exact) mass is 346 g/mol. The van der Waals surface area contributed by atoms with Gasteiger partial charge in [-0.15, -0.1) is 11.3 Å². The van der Waals surface area contributed by atoms with Crippen LogP contribution in [0.15, 0.2) is 29.6 Å². The van der Waals surface area contributed by atoms with Gasteiger partial charge in [0.1, 0.15) is 5.75 Å². The summed E-state index contributed by atoms with van der Waals surface area (Å²) in [6.45, 7) is 1.40. The van der Waals surface area contributed by atoms with Crippen LogP contribution >= 0.6 is 11.3 Å². The molecule has 1 aromatic heterocycles. The van der Waals surface area contributed by atoms with Gasteiger partial charge < -0.3 is 20.6 Å². The molecule has 3 amide bonds.